The van der Waals surface area contributed by atoms with Crippen molar-refractivity contribution in [2.24, 2.45) is 0 Å². The van der Waals surface area contributed by atoms with Gasteiger partial charge < -0.3 is 4.74 Å². The maximum atomic E-state index is 13.0. The predicted molar refractivity (Wildman–Crippen MR) is 73.5 cm³/mol. The fourth-order valence-corrected chi connectivity index (χ4v) is 3.59. The average Bonchev–Trinajstić information content (AvgIpc) is 2.69. The quantitative estimate of drug-likeness (QED) is 0.872. The largest absolute Gasteiger partial charge is 0.489 e. The van der Waals surface area contributed by atoms with E-state index in [9.17, 15) is 12.8 Å². The van der Waals surface area contributed by atoms with Gasteiger partial charge in [-0.1, -0.05) is 24.3 Å². The predicted octanol–water partition coefficient (Wildman–Crippen LogP) is 3.03. The molecular weight excluding hydrogens is 279 g/mol. The number of ether oxygens (including phenoxy) is 1. The van der Waals surface area contributed by atoms with Crippen molar-refractivity contribution in [3.8, 4) is 5.75 Å². The number of hydrogen-bond acceptors (Lipinski definition) is 3. The maximum Gasteiger partial charge on any atom is 0.200 e. The third-order valence-corrected chi connectivity index (χ3v) is 4.59. The highest BCUT2D eigenvalue weighted by atomic mass is 32.2. The van der Waals surface area contributed by atoms with E-state index in [1.807, 2.05) is 0 Å². The fraction of sp³-hybridized carbons (Fsp3) is 0.0667. The van der Waals surface area contributed by atoms with Crippen LogP contribution in [-0.4, -0.2) is 15.0 Å². The van der Waals surface area contributed by atoms with Gasteiger partial charge in [-0.3, -0.25) is 0 Å². The Morgan fingerprint density at radius 3 is 2.65 bits per heavy atom. The van der Waals surface area contributed by atoms with Gasteiger partial charge in [-0.25, -0.2) is 12.8 Å². The Hall–Kier alpha value is -2.14. The molecule has 2 aromatic rings. The van der Waals surface area contributed by atoms with Gasteiger partial charge in [-0.2, -0.15) is 0 Å². The molecule has 0 spiro atoms. The first kappa shape index (κ1) is 12.9. The Labute approximate surface area is 116 Å². The van der Waals surface area contributed by atoms with Crippen LogP contribution in [0.3, 0.4) is 0 Å². The first-order chi connectivity index (χ1) is 9.56. The van der Waals surface area contributed by atoms with Crippen LogP contribution < -0.4 is 4.74 Å². The van der Waals surface area contributed by atoms with Crippen LogP contribution in [0.15, 0.2) is 58.8 Å². The third kappa shape index (κ3) is 2.32. The Morgan fingerprint density at radius 1 is 1.05 bits per heavy atom. The zero-order chi connectivity index (χ0) is 14.2. The monoisotopic (exact) mass is 290 g/mol. The number of hydrogen-bond donors (Lipinski definition) is 0. The minimum Gasteiger partial charge on any atom is -0.489 e. The summed E-state index contributed by atoms with van der Waals surface area (Å²) in [6.07, 6.45) is 0. The van der Waals surface area contributed by atoms with Crippen LogP contribution in [0, 0.1) is 5.82 Å². The first-order valence-electron chi connectivity index (χ1n) is 6.00. The molecule has 0 aliphatic carbocycles. The average molecular weight is 290 g/mol. The molecule has 1 aliphatic heterocycles. The molecule has 0 saturated carbocycles. The number of benzene rings is 2. The molecular formula is C15H11FO3S. The van der Waals surface area contributed by atoms with E-state index in [1.165, 1.54) is 17.5 Å². The van der Waals surface area contributed by atoms with Gasteiger partial charge in [0.1, 0.15) is 18.2 Å². The summed E-state index contributed by atoms with van der Waals surface area (Å²) in [4.78, 5) is 0.290. The van der Waals surface area contributed by atoms with E-state index in [4.69, 9.17) is 4.74 Å². The van der Waals surface area contributed by atoms with Crippen molar-refractivity contribution < 1.29 is 17.5 Å². The standard InChI is InChI=1S/C15H11FO3S/c16-12-4-3-5-13(8-12)19-9-11-10-20(17,18)15-7-2-1-6-14(11)15/h1-8,10H,9H2. The van der Waals surface area contributed by atoms with Crippen LogP contribution in [0.2, 0.25) is 0 Å². The topological polar surface area (TPSA) is 43.4 Å². The van der Waals surface area contributed by atoms with Gasteiger partial charge in [0.05, 0.1) is 4.90 Å². The number of sulfone groups is 1. The molecule has 1 aliphatic rings. The summed E-state index contributed by atoms with van der Waals surface area (Å²) >= 11 is 0. The van der Waals surface area contributed by atoms with Gasteiger partial charge in [0.25, 0.3) is 0 Å². The molecule has 2 aromatic carbocycles. The summed E-state index contributed by atoms with van der Waals surface area (Å²) in [7, 11) is -3.38. The van der Waals surface area contributed by atoms with Gasteiger partial charge in [-0.15, -0.1) is 0 Å². The molecule has 0 radical (unpaired) electrons. The third-order valence-electron chi connectivity index (χ3n) is 3.03. The normalized spacial score (nSPS) is 15.6. The molecule has 0 saturated heterocycles. The van der Waals surface area contributed by atoms with E-state index in [0.29, 0.717) is 16.9 Å². The lowest BCUT2D eigenvalue weighted by molar-refractivity contribution is 0.367. The van der Waals surface area contributed by atoms with E-state index >= 15 is 0 Å². The van der Waals surface area contributed by atoms with Crippen molar-refractivity contribution in [1.82, 2.24) is 0 Å². The van der Waals surface area contributed by atoms with Gasteiger partial charge in [-0.05, 0) is 18.2 Å². The molecule has 102 valence electrons. The molecule has 20 heavy (non-hydrogen) atoms. The maximum absolute atomic E-state index is 13.0. The highest BCUT2D eigenvalue weighted by molar-refractivity contribution is 7.95. The fourth-order valence-electron chi connectivity index (χ4n) is 2.12. The Bertz CT molecular complexity index is 794. The van der Waals surface area contributed by atoms with Crippen molar-refractivity contribution in [3.63, 3.8) is 0 Å². The first-order valence-corrected chi connectivity index (χ1v) is 7.54. The molecule has 0 fully saturated rings. The smallest absolute Gasteiger partial charge is 0.200 e. The Morgan fingerprint density at radius 2 is 1.85 bits per heavy atom. The second-order valence-corrected chi connectivity index (χ2v) is 6.20. The lowest BCUT2D eigenvalue weighted by Crippen LogP contribution is -1.99. The zero-order valence-electron chi connectivity index (χ0n) is 10.4. The SMILES string of the molecule is O=S1(=O)C=C(COc2cccc(F)c2)c2ccccc21. The van der Waals surface area contributed by atoms with Crippen molar-refractivity contribution in [1.29, 1.82) is 0 Å². The van der Waals surface area contributed by atoms with Crippen LogP contribution in [0.1, 0.15) is 5.56 Å². The molecule has 3 nitrogen and oxygen atoms in total. The highest BCUT2D eigenvalue weighted by Crippen LogP contribution is 2.33. The van der Waals surface area contributed by atoms with Gasteiger partial charge in [0.2, 0.25) is 9.84 Å². The van der Waals surface area contributed by atoms with Crippen LogP contribution in [0.4, 0.5) is 4.39 Å². The summed E-state index contributed by atoms with van der Waals surface area (Å²) < 4.78 is 42.4. The van der Waals surface area contributed by atoms with E-state index in [2.05, 4.69) is 0 Å². The molecule has 0 amide bonds. The molecule has 0 N–H and O–H groups in total. The van der Waals surface area contributed by atoms with E-state index < -0.39 is 15.7 Å². The van der Waals surface area contributed by atoms with E-state index in [0.717, 1.165) is 0 Å². The van der Waals surface area contributed by atoms with Crippen LogP contribution in [0.25, 0.3) is 5.57 Å². The second-order valence-electron chi connectivity index (χ2n) is 4.43. The van der Waals surface area contributed by atoms with Gasteiger partial charge in [0, 0.05) is 22.6 Å². The molecule has 0 atom stereocenters. The Balaban J connectivity index is 1.86. The second kappa shape index (κ2) is 4.76. The molecule has 1 heterocycles. The van der Waals surface area contributed by atoms with E-state index in [-0.39, 0.29) is 11.5 Å². The summed E-state index contributed by atoms with van der Waals surface area (Å²) in [6, 6.07) is 12.5. The van der Waals surface area contributed by atoms with Crippen molar-refractivity contribution in [2.75, 3.05) is 6.61 Å². The summed E-state index contributed by atoms with van der Waals surface area (Å²) in [6.45, 7) is 0.0830. The molecule has 0 aromatic heterocycles. The minimum atomic E-state index is -3.38. The number of fused-ring (bicyclic) bond motifs is 1. The van der Waals surface area contributed by atoms with Gasteiger partial charge >= 0.3 is 0 Å². The van der Waals surface area contributed by atoms with Crippen molar-refractivity contribution in [2.45, 2.75) is 4.90 Å². The van der Waals surface area contributed by atoms with Crippen LogP contribution >= 0.6 is 0 Å². The summed E-state index contributed by atoms with van der Waals surface area (Å²) in [5, 5.41) is 1.21. The zero-order valence-corrected chi connectivity index (χ0v) is 11.2. The van der Waals surface area contributed by atoms with Crippen LogP contribution in [-0.2, 0) is 9.84 Å². The van der Waals surface area contributed by atoms with Crippen molar-refractivity contribution >= 4 is 15.4 Å². The summed E-state index contributed by atoms with van der Waals surface area (Å²) in [5.41, 5.74) is 1.22. The van der Waals surface area contributed by atoms with E-state index in [1.54, 1.807) is 36.4 Å². The van der Waals surface area contributed by atoms with Crippen LogP contribution in [0.5, 0.6) is 5.75 Å². The highest BCUT2D eigenvalue weighted by Gasteiger charge is 2.26. The lowest BCUT2D eigenvalue weighted by Gasteiger charge is -2.07. The summed E-state index contributed by atoms with van der Waals surface area (Å²) in [5.74, 6) is -0.0244. The number of halogens is 1. The molecule has 0 bridgehead atoms. The molecule has 0 unspecified atom stereocenters. The molecule has 5 heteroatoms. The van der Waals surface area contributed by atoms with Crippen molar-refractivity contribution in [3.05, 3.63) is 65.3 Å². The minimum absolute atomic E-state index is 0.0830. The number of rotatable bonds is 3. The Kier molecular flexibility index (Phi) is 3.06. The lowest BCUT2D eigenvalue weighted by atomic mass is 10.1. The molecule has 3 rings (SSSR count). The van der Waals surface area contributed by atoms with Gasteiger partial charge in [0.15, 0.2) is 0 Å².